The second-order valence-corrected chi connectivity index (χ2v) is 4.63. The van der Waals surface area contributed by atoms with Crippen LogP contribution in [0.4, 0.5) is 0 Å². The lowest BCUT2D eigenvalue weighted by Gasteiger charge is -2.11. The van der Waals surface area contributed by atoms with Gasteiger partial charge >= 0.3 is 0 Å². The van der Waals surface area contributed by atoms with Crippen molar-refractivity contribution in [2.24, 2.45) is 0 Å². The van der Waals surface area contributed by atoms with Gasteiger partial charge in [0.25, 0.3) is 0 Å². The van der Waals surface area contributed by atoms with E-state index in [9.17, 15) is 0 Å². The van der Waals surface area contributed by atoms with Gasteiger partial charge in [-0.1, -0.05) is 25.1 Å². The zero-order chi connectivity index (χ0) is 14.8. The highest BCUT2D eigenvalue weighted by atomic mass is 16.5. The van der Waals surface area contributed by atoms with E-state index in [4.69, 9.17) is 4.74 Å². The molecule has 0 atom stereocenters. The monoisotopic (exact) mass is 274 g/mol. The van der Waals surface area contributed by atoms with Gasteiger partial charge in [0.05, 0.1) is 7.11 Å². The normalized spacial score (nSPS) is 12.2. The number of rotatable bonds is 8. The van der Waals surface area contributed by atoms with Gasteiger partial charge in [-0.15, -0.1) is 0 Å². The average Bonchev–Trinajstić information content (AvgIpc) is 2.50. The van der Waals surface area contributed by atoms with Gasteiger partial charge in [-0.3, -0.25) is 0 Å². The molecule has 0 aliphatic carbocycles. The largest absolute Gasteiger partial charge is 0.496 e. The summed E-state index contributed by atoms with van der Waals surface area (Å²) in [5.74, 6) is 0.960. The van der Waals surface area contributed by atoms with Crippen LogP contribution in [0.15, 0.2) is 47.8 Å². The highest BCUT2D eigenvalue weighted by molar-refractivity contribution is 5.33. The van der Waals surface area contributed by atoms with Crippen LogP contribution in [0.25, 0.3) is 0 Å². The molecule has 1 aromatic carbocycles. The summed E-state index contributed by atoms with van der Waals surface area (Å²) in [6, 6.07) is 8.16. The van der Waals surface area contributed by atoms with Crippen LogP contribution in [-0.2, 0) is 6.42 Å². The fourth-order valence-electron chi connectivity index (χ4n) is 1.88. The van der Waals surface area contributed by atoms with E-state index in [0.717, 1.165) is 30.8 Å². The number of hydrogen-bond donors (Lipinski definition) is 2. The zero-order valence-electron chi connectivity index (χ0n) is 13.0. The first kappa shape index (κ1) is 16.2. The van der Waals surface area contributed by atoms with E-state index in [1.165, 1.54) is 11.3 Å². The molecular formula is C17H26N2O. The van der Waals surface area contributed by atoms with Crippen LogP contribution in [-0.4, -0.2) is 20.7 Å². The lowest BCUT2D eigenvalue weighted by molar-refractivity contribution is 0.409. The molecule has 0 aliphatic heterocycles. The number of ether oxygens (including phenoxy) is 1. The standard InChI is InChI=1S/C17H26N2O/c1-5-16(11-10-14(2)18-3)19-13-12-15-8-6-7-9-17(15)20-4/h6-11,18-19H,5,12-13H2,1-4H3/b14-10+,16-11+. The van der Waals surface area contributed by atoms with Gasteiger partial charge in [-0.25, -0.2) is 0 Å². The van der Waals surface area contributed by atoms with Crippen LogP contribution in [0, 0.1) is 0 Å². The highest BCUT2D eigenvalue weighted by Gasteiger charge is 2.01. The lowest BCUT2D eigenvalue weighted by atomic mass is 10.1. The number of benzene rings is 1. The van der Waals surface area contributed by atoms with Crippen molar-refractivity contribution in [2.45, 2.75) is 26.7 Å². The second-order valence-electron chi connectivity index (χ2n) is 4.63. The van der Waals surface area contributed by atoms with Crippen LogP contribution in [0.3, 0.4) is 0 Å². The molecule has 110 valence electrons. The number of allylic oxidation sites excluding steroid dienone is 4. The maximum Gasteiger partial charge on any atom is 0.122 e. The molecule has 3 nitrogen and oxygen atoms in total. The first-order valence-corrected chi connectivity index (χ1v) is 7.12. The third-order valence-corrected chi connectivity index (χ3v) is 3.25. The Morgan fingerprint density at radius 3 is 2.65 bits per heavy atom. The summed E-state index contributed by atoms with van der Waals surface area (Å²) in [5, 5.41) is 6.60. The minimum Gasteiger partial charge on any atom is -0.496 e. The van der Waals surface area contributed by atoms with E-state index in [2.05, 4.69) is 42.7 Å². The topological polar surface area (TPSA) is 33.3 Å². The summed E-state index contributed by atoms with van der Waals surface area (Å²) in [4.78, 5) is 0. The van der Waals surface area contributed by atoms with Crippen LogP contribution >= 0.6 is 0 Å². The van der Waals surface area contributed by atoms with Gasteiger partial charge in [0, 0.05) is 25.0 Å². The fourth-order valence-corrected chi connectivity index (χ4v) is 1.88. The van der Waals surface area contributed by atoms with Crippen molar-refractivity contribution in [2.75, 3.05) is 20.7 Å². The van der Waals surface area contributed by atoms with Crippen LogP contribution in [0.2, 0.25) is 0 Å². The third kappa shape index (κ3) is 5.39. The third-order valence-electron chi connectivity index (χ3n) is 3.25. The predicted octanol–water partition coefficient (Wildman–Crippen LogP) is 3.24. The summed E-state index contributed by atoms with van der Waals surface area (Å²) < 4.78 is 5.36. The molecule has 0 saturated carbocycles. The van der Waals surface area contributed by atoms with Crippen molar-refractivity contribution in [3.05, 3.63) is 53.4 Å². The summed E-state index contributed by atoms with van der Waals surface area (Å²) in [7, 11) is 3.65. The molecule has 0 amide bonds. The molecule has 0 unspecified atom stereocenters. The number of hydrogen-bond acceptors (Lipinski definition) is 3. The van der Waals surface area contributed by atoms with E-state index < -0.39 is 0 Å². The summed E-state index contributed by atoms with van der Waals surface area (Å²) in [6.07, 6.45) is 6.18. The smallest absolute Gasteiger partial charge is 0.122 e. The van der Waals surface area contributed by atoms with Crippen molar-refractivity contribution >= 4 is 0 Å². The zero-order valence-corrected chi connectivity index (χ0v) is 13.0. The number of para-hydroxylation sites is 1. The van der Waals surface area contributed by atoms with Crippen molar-refractivity contribution < 1.29 is 4.74 Å². The van der Waals surface area contributed by atoms with Crippen molar-refractivity contribution in [3.8, 4) is 5.75 Å². The Labute approximate surface area is 122 Å². The van der Waals surface area contributed by atoms with Gasteiger partial charge in [0.2, 0.25) is 0 Å². The van der Waals surface area contributed by atoms with Gasteiger partial charge in [0.15, 0.2) is 0 Å². The van der Waals surface area contributed by atoms with Gasteiger partial charge < -0.3 is 15.4 Å². The van der Waals surface area contributed by atoms with E-state index in [1.54, 1.807) is 7.11 Å². The Morgan fingerprint density at radius 1 is 1.25 bits per heavy atom. The van der Waals surface area contributed by atoms with Crippen LogP contribution in [0.1, 0.15) is 25.8 Å². The Morgan fingerprint density at radius 2 is 2.00 bits per heavy atom. The maximum absolute atomic E-state index is 5.36. The maximum atomic E-state index is 5.36. The van der Waals surface area contributed by atoms with Crippen molar-refractivity contribution in [3.63, 3.8) is 0 Å². The lowest BCUT2D eigenvalue weighted by Crippen LogP contribution is -2.16. The molecule has 0 radical (unpaired) electrons. The van der Waals surface area contributed by atoms with E-state index >= 15 is 0 Å². The van der Waals surface area contributed by atoms with Gasteiger partial charge in [-0.05, 0) is 43.5 Å². The second kappa shape index (κ2) is 9.08. The predicted molar refractivity (Wildman–Crippen MR) is 85.9 cm³/mol. The van der Waals surface area contributed by atoms with Gasteiger partial charge in [0.1, 0.15) is 5.75 Å². The molecule has 0 saturated heterocycles. The quantitative estimate of drug-likeness (QED) is 0.714. The summed E-state index contributed by atoms with van der Waals surface area (Å²) in [5.41, 5.74) is 3.64. The van der Waals surface area contributed by atoms with Crippen molar-refractivity contribution in [1.82, 2.24) is 10.6 Å². The Balaban J connectivity index is 2.53. The van der Waals surface area contributed by atoms with E-state index in [1.807, 2.05) is 25.2 Å². The fraction of sp³-hybridized carbons (Fsp3) is 0.412. The molecule has 1 aromatic rings. The Bertz CT molecular complexity index is 464. The summed E-state index contributed by atoms with van der Waals surface area (Å²) in [6.45, 7) is 5.12. The minimum atomic E-state index is 0.909. The summed E-state index contributed by atoms with van der Waals surface area (Å²) >= 11 is 0. The van der Waals surface area contributed by atoms with E-state index in [0.29, 0.717) is 0 Å². The highest BCUT2D eigenvalue weighted by Crippen LogP contribution is 2.17. The number of nitrogens with one attached hydrogen (secondary N) is 2. The molecule has 0 bridgehead atoms. The first-order valence-electron chi connectivity index (χ1n) is 7.12. The molecular weight excluding hydrogens is 248 g/mol. The first-order chi connectivity index (χ1) is 9.71. The minimum absolute atomic E-state index is 0.909. The number of methoxy groups -OCH3 is 1. The molecule has 20 heavy (non-hydrogen) atoms. The van der Waals surface area contributed by atoms with Gasteiger partial charge in [-0.2, -0.15) is 0 Å². The molecule has 3 heteroatoms. The SMILES string of the molecule is CC/C(=C\C=C(/C)NC)NCCc1ccccc1OC. The van der Waals surface area contributed by atoms with E-state index in [-0.39, 0.29) is 0 Å². The van der Waals surface area contributed by atoms with Crippen LogP contribution in [0.5, 0.6) is 5.75 Å². The molecule has 0 aliphatic rings. The average molecular weight is 274 g/mol. The molecule has 0 aromatic heterocycles. The molecule has 0 fully saturated rings. The molecule has 0 heterocycles. The Hall–Kier alpha value is -1.90. The molecule has 1 rings (SSSR count). The Kier molecular flexibility index (Phi) is 7.33. The molecule has 0 spiro atoms. The van der Waals surface area contributed by atoms with Crippen LogP contribution < -0.4 is 15.4 Å². The molecule has 2 N–H and O–H groups in total. The van der Waals surface area contributed by atoms with Crippen molar-refractivity contribution in [1.29, 1.82) is 0 Å².